The van der Waals surface area contributed by atoms with Crippen LogP contribution in [-0.4, -0.2) is 47.2 Å². The standard InChI is InChI=1S/C25H35F2NO4/c26-25(27,13-16-32-15-5-4-9-20-7-2-1-3-8-20)12-6-14-28-24(31)18-21-10-11-23(30)22(17-21)19-29/h1-3,7-8,10-11,17,24,28-31H,4-6,9,12-16,18-19H2. The van der Waals surface area contributed by atoms with Gasteiger partial charge in [0, 0.05) is 31.4 Å². The van der Waals surface area contributed by atoms with Gasteiger partial charge in [-0.25, -0.2) is 8.78 Å². The fourth-order valence-electron chi connectivity index (χ4n) is 3.43. The molecule has 0 amide bonds. The van der Waals surface area contributed by atoms with Crippen molar-refractivity contribution >= 4 is 0 Å². The lowest BCUT2D eigenvalue weighted by molar-refractivity contribution is -0.0418. The first-order chi connectivity index (χ1) is 15.4. The van der Waals surface area contributed by atoms with Crippen molar-refractivity contribution < 1.29 is 28.8 Å². The van der Waals surface area contributed by atoms with Gasteiger partial charge in [-0.15, -0.1) is 0 Å². The Morgan fingerprint density at radius 1 is 0.938 bits per heavy atom. The van der Waals surface area contributed by atoms with E-state index in [4.69, 9.17) is 9.84 Å². The number of benzene rings is 2. The van der Waals surface area contributed by atoms with E-state index < -0.39 is 12.2 Å². The third-order valence-electron chi connectivity index (χ3n) is 5.30. The molecule has 0 aliphatic heterocycles. The van der Waals surface area contributed by atoms with Gasteiger partial charge >= 0.3 is 0 Å². The molecular weight excluding hydrogens is 416 g/mol. The second-order valence-corrected chi connectivity index (χ2v) is 8.06. The first kappa shape index (κ1) is 26.2. The minimum absolute atomic E-state index is 0.00269. The lowest BCUT2D eigenvalue weighted by Gasteiger charge is -2.18. The minimum Gasteiger partial charge on any atom is -0.508 e. The van der Waals surface area contributed by atoms with Gasteiger partial charge in [0.25, 0.3) is 0 Å². The van der Waals surface area contributed by atoms with E-state index in [2.05, 4.69) is 17.4 Å². The monoisotopic (exact) mass is 451 g/mol. The zero-order valence-corrected chi connectivity index (χ0v) is 18.5. The van der Waals surface area contributed by atoms with Gasteiger partial charge in [0.05, 0.1) is 13.2 Å². The molecule has 0 saturated carbocycles. The number of hydrogen-bond donors (Lipinski definition) is 4. The van der Waals surface area contributed by atoms with Crippen molar-refractivity contribution in [3.63, 3.8) is 0 Å². The molecule has 0 spiro atoms. The largest absolute Gasteiger partial charge is 0.508 e. The summed E-state index contributed by atoms with van der Waals surface area (Å²) in [6.45, 7) is 0.506. The van der Waals surface area contributed by atoms with Crippen LogP contribution in [0, 0.1) is 0 Å². The van der Waals surface area contributed by atoms with Crippen molar-refractivity contribution in [1.82, 2.24) is 5.32 Å². The van der Waals surface area contributed by atoms with Crippen LogP contribution in [0.1, 0.15) is 48.8 Å². The molecule has 178 valence electrons. The van der Waals surface area contributed by atoms with Gasteiger partial charge in [0.1, 0.15) is 12.0 Å². The fourth-order valence-corrected chi connectivity index (χ4v) is 3.43. The van der Waals surface area contributed by atoms with E-state index in [0.717, 1.165) is 24.8 Å². The summed E-state index contributed by atoms with van der Waals surface area (Å²) in [5.41, 5.74) is 2.39. The minimum atomic E-state index is -2.79. The Morgan fingerprint density at radius 3 is 2.47 bits per heavy atom. The van der Waals surface area contributed by atoms with Crippen LogP contribution in [0.2, 0.25) is 0 Å². The molecule has 2 aromatic rings. The molecule has 0 fully saturated rings. The summed E-state index contributed by atoms with van der Waals surface area (Å²) in [5, 5.41) is 31.6. The number of aromatic hydroxyl groups is 1. The van der Waals surface area contributed by atoms with E-state index in [1.54, 1.807) is 12.1 Å². The molecule has 2 rings (SSSR count). The van der Waals surface area contributed by atoms with Crippen molar-refractivity contribution in [3.05, 3.63) is 65.2 Å². The quantitative estimate of drug-likeness (QED) is 0.227. The summed E-state index contributed by atoms with van der Waals surface area (Å²) < 4.78 is 33.4. The Bertz CT molecular complexity index is 774. The Kier molecular flexibility index (Phi) is 11.6. The second kappa shape index (κ2) is 14.2. The highest BCUT2D eigenvalue weighted by Gasteiger charge is 2.27. The normalized spacial score (nSPS) is 12.8. The fraction of sp³-hybridized carbons (Fsp3) is 0.520. The van der Waals surface area contributed by atoms with Crippen LogP contribution in [0.3, 0.4) is 0 Å². The van der Waals surface area contributed by atoms with Crippen LogP contribution < -0.4 is 5.32 Å². The van der Waals surface area contributed by atoms with Crippen LogP contribution in [0.25, 0.3) is 0 Å². The molecule has 0 aromatic heterocycles. The molecule has 32 heavy (non-hydrogen) atoms. The molecular formula is C25H35F2NO4. The summed E-state index contributed by atoms with van der Waals surface area (Å²) in [5.74, 6) is -2.79. The van der Waals surface area contributed by atoms with Gasteiger partial charge < -0.3 is 20.1 Å². The summed E-state index contributed by atoms with van der Waals surface area (Å²) in [7, 11) is 0. The SMILES string of the molecule is OCc1cc(CC(O)NCCCC(F)(F)CCOCCCCc2ccccc2)ccc1O. The summed E-state index contributed by atoms with van der Waals surface area (Å²) >= 11 is 0. The number of aryl methyl sites for hydroxylation is 1. The Labute approximate surface area is 189 Å². The first-order valence-corrected chi connectivity index (χ1v) is 11.2. The van der Waals surface area contributed by atoms with Gasteiger partial charge in [-0.2, -0.15) is 0 Å². The zero-order chi connectivity index (χ0) is 23.2. The van der Waals surface area contributed by atoms with E-state index in [-0.39, 0.29) is 51.2 Å². The maximum atomic E-state index is 14.0. The summed E-state index contributed by atoms with van der Waals surface area (Å²) in [4.78, 5) is 0. The number of nitrogens with one attached hydrogen (secondary N) is 1. The summed E-state index contributed by atoms with van der Waals surface area (Å²) in [6.07, 6.45) is 1.82. The molecule has 5 nitrogen and oxygen atoms in total. The predicted octanol–water partition coefficient (Wildman–Crippen LogP) is 4.18. The smallest absolute Gasteiger partial charge is 0.250 e. The van der Waals surface area contributed by atoms with Gasteiger partial charge in [-0.1, -0.05) is 36.4 Å². The van der Waals surface area contributed by atoms with Crippen molar-refractivity contribution in [3.8, 4) is 5.75 Å². The third-order valence-corrected chi connectivity index (χ3v) is 5.30. The number of alkyl halides is 2. The van der Waals surface area contributed by atoms with Crippen molar-refractivity contribution in [2.24, 2.45) is 0 Å². The number of phenols is 1. The van der Waals surface area contributed by atoms with Gasteiger partial charge in [0.15, 0.2) is 0 Å². The van der Waals surface area contributed by atoms with Gasteiger partial charge in [-0.05, 0) is 55.5 Å². The number of aliphatic hydroxyl groups excluding tert-OH is 2. The molecule has 0 bridgehead atoms. The lowest BCUT2D eigenvalue weighted by Crippen LogP contribution is -2.32. The average molecular weight is 452 g/mol. The van der Waals surface area contributed by atoms with Crippen LogP contribution in [0.15, 0.2) is 48.5 Å². The average Bonchev–Trinajstić information content (AvgIpc) is 2.78. The number of halogens is 2. The molecule has 0 aliphatic carbocycles. The molecule has 1 unspecified atom stereocenters. The number of rotatable bonds is 16. The number of hydrogen-bond acceptors (Lipinski definition) is 5. The molecule has 0 saturated heterocycles. The summed E-state index contributed by atoms with van der Waals surface area (Å²) in [6, 6.07) is 14.9. The Morgan fingerprint density at radius 2 is 1.72 bits per heavy atom. The van der Waals surface area contributed by atoms with Crippen molar-refractivity contribution in [1.29, 1.82) is 0 Å². The maximum absolute atomic E-state index is 14.0. The number of unbranched alkanes of at least 4 members (excludes halogenated alkanes) is 1. The van der Waals surface area contributed by atoms with E-state index in [9.17, 15) is 19.0 Å². The van der Waals surface area contributed by atoms with Crippen LogP contribution in [-0.2, 0) is 24.2 Å². The molecule has 2 aromatic carbocycles. The molecule has 0 heterocycles. The molecule has 1 atom stereocenters. The van der Waals surface area contributed by atoms with Crippen molar-refractivity contribution in [2.45, 2.75) is 63.7 Å². The van der Waals surface area contributed by atoms with Gasteiger partial charge in [0.2, 0.25) is 5.92 Å². The van der Waals surface area contributed by atoms with E-state index in [1.165, 1.54) is 11.6 Å². The molecule has 7 heteroatoms. The van der Waals surface area contributed by atoms with Crippen LogP contribution in [0.4, 0.5) is 8.78 Å². The number of aliphatic hydroxyl groups is 2. The second-order valence-electron chi connectivity index (χ2n) is 8.06. The highest BCUT2D eigenvalue weighted by atomic mass is 19.3. The third kappa shape index (κ3) is 10.5. The topological polar surface area (TPSA) is 82.0 Å². The van der Waals surface area contributed by atoms with E-state index in [0.29, 0.717) is 12.2 Å². The van der Waals surface area contributed by atoms with E-state index >= 15 is 0 Å². The Hall–Kier alpha value is -2.06. The lowest BCUT2D eigenvalue weighted by atomic mass is 10.1. The first-order valence-electron chi connectivity index (χ1n) is 11.2. The van der Waals surface area contributed by atoms with E-state index in [1.807, 2.05) is 18.2 Å². The molecule has 4 N–H and O–H groups in total. The van der Waals surface area contributed by atoms with Crippen LogP contribution in [0.5, 0.6) is 5.75 Å². The molecule has 0 radical (unpaired) electrons. The predicted molar refractivity (Wildman–Crippen MR) is 121 cm³/mol. The highest BCUT2D eigenvalue weighted by Crippen LogP contribution is 2.24. The maximum Gasteiger partial charge on any atom is 0.250 e. The number of ether oxygens (including phenoxy) is 1. The highest BCUT2D eigenvalue weighted by molar-refractivity contribution is 5.35. The zero-order valence-electron chi connectivity index (χ0n) is 18.5. The molecule has 0 aliphatic rings. The Balaban J connectivity index is 1.51. The van der Waals surface area contributed by atoms with Crippen LogP contribution >= 0.6 is 0 Å². The van der Waals surface area contributed by atoms with Gasteiger partial charge in [-0.3, -0.25) is 5.32 Å². The van der Waals surface area contributed by atoms with Crippen molar-refractivity contribution in [2.75, 3.05) is 19.8 Å².